The summed E-state index contributed by atoms with van der Waals surface area (Å²) in [6.45, 7) is 0. The minimum Gasteiger partial charge on any atom is -0.437 e. The highest BCUT2D eigenvalue weighted by Crippen LogP contribution is 2.26. The zero-order chi connectivity index (χ0) is 16.2. The fourth-order valence-electron chi connectivity index (χ4n) is 2.03. The van der Waals surface area contributed by atoms with Crippen molar-refractivity contribution < 1.29 is 14.3 Å². The smallest absolute Gasteiger partial charge is 0.339 e. The van der Waals surface area contributed by atoms with Crippen LogP contribution >= 0.6 is 23.4 Å². The summed E-state index contributed by atoms with van der Waals surface area (Å²) in [5, 5.41) is 4.96. The van der Waals surface area contributed by atoms with E-state index < -0.39 is 11.4 Å². The van der Waals surface area contributed by atoms with Crippen molar-refractivity contribution in [2.75, 3.05) is 0 Å². The number of rotatable bonds is 3. The van der Waals surface area contributed by atoms with Gasteiger partial charge in [-0.05, 0) is 29.2 Å². The maximum Gasteiger partial charge on any atom is 0.339 e. The van der Waals surface area contributed by atoms with Crippen molar-refractivity contribution in [2.45, 2.75) is 5.44 Å². The second-order valence-electron chi connectivity index (χ2n) is 4.77. The van der Waals surface area contributed by atoms with Crippen molar-refractivity contribution in [2.24, 2.45) is 0 Å². The summed E-state index contributed by atoms with van der Waals surface area (Å²) in [6, 6.07) is 15.9. The Morgan fingerprint density at radius 1 is 1.13 bits per heavy atom. The molecule has 6 heteroatoms. The van der Waals surface area contributed by atoms with Gasteiger partial charge in [0.15, 0.2) is 0 Å². The third kappa shape index (κ3) is 3.75. The number of ether oxygens (including phenoxy) is 1. The van der Waals surface area contributed by atoms with Crippen LogP contribution in [0.2, 0.25) is 5.02 Å². The number of halogens is 1. The summed E-state index contributed by atoms with van der Waals surface area (Å²) < 4.78 is 5.24. The first kappa shape index (κ1) is 15.6. The number of amides is 1. The molecule has 3 rings (SSSR count). The number of hydrogen-bond acceptors (Lipinski definition) is 4. The van der Waals surface area contributed by atoms with Crippen LogP contribution in [0.25, 0.3) is 5.70 Å². The third-order valence-corrected chi connectivity index (χ3v) is 4.31. The largest absolute Gasteiger partial charge is 0.437 e. The van der Waals surface area contributed by atoms with E-state index in [0.717, 1.165) is 17.3 Å². The molecule has 4 nitrogen and oxygen atoms in total. The number of carbonyl (C=O) groups is 2. The molecule has 0 spiro atoms. The van der Waals surface area contributed by atoms with Crippen LogP contribution in [0.5, 0.6) is 0 Å². The number of carbonyl (C=O) groups excluding carboxylic acids is 2. The molecule has 1 heterocycles. The lowest BCUT2D eigenvalue weighted by molar-refractivity contribution is -0.124. The first-order valence-electron chi connectivity index (χ1n) is 6.82. The molecule has 2 aromatic rings. The first-order chi connectivity index (χ1) is 11.1. The van der Waals surface area contributed by atoms with Crippen molar-refractivity contribution in [3.05, 3.63) is 76.2 Å². The number of nitrogens with one attached hydrogen (secondary N) is 1. The lowest BCUT2D eigenvalue weighted by Gasteiger charge is -2.22. The van der Waals surface area contributed by atoms with Crippen LogP contribution in [0.15, 0.2) is 60.0 Å². The molecule has 0 aliphatic carbocycles. The van der Waals surface area contributed by atoms with Crippen LogP contribution in [-0.2, 0) is 9.53 Å². The molecule has 1 aliphatic rings. The molecule has 1 atom stereocenters. The third-order valence-electron chi connectivity index (χ3n) is 3.14. The summed E-state index contributed by atoms with van der Waals surface area (Å²) in [5.41, 5.74) is 0.973. The van der Waals surface area contributed by atoms with E-state index >= 15 is 0 Å². The summed E-state index contributed by atoms with van der Waals surface area (Å²) in [7, 11) is 0. The number of thioether (sulfide) groups is 1. The Balaban J connectivity index is 1.70. The van der Waals surface area contributed by atoms with Gasteiger partial charge in [-0.15, -0.1) is 0 Å². The van der Waals surface area contributed by atoms with Crippen LogP contribution in [0.1, 0.15) is 15.9 Å². The molecule has 0 aromatic heterocycles. The van der Waals surface area contributed by atoms with E-state index in [-0.39, 0.29) is 5.91 Å². The predicted octanol–water partition coefficient (Wildman–Crippen LogP) is 3.68. The van der Waals surface area contributed by atoms with Crippen molar-refractivity contribution in [3.63, 3.8) is 0 Å². The first-order valence-corrected chi connectivity index (χ1v) is 8.14. The van der Waals surface area contributed by atoms with Gasteiger partial charge in [-0.25, -0.2) is 4.79 Å². The van der Waals surface area contributed by atoms with E-state index in [9.17, 15) is 9.59 Å². The fourth-order valence-corrected chi connectivity index (χ4v) is 3.00. The van der Waals surface area contributed by atoms with Crippen LogP contribution in [-0.4, -0.2) is 17.3 Å². The number of esters is 1. The van der Waals surface area contributed by atoms with Crippen molar-refractivity contribution >= 4 is 40.9 Å². The average molecular weight is 346 g/mol. The molecule has 0 radical (unpaired) electrons. The Labute approximate surface area is 142 Å². The Morgan fingerprint density at radius 3 is 2.61 bits per heavy atom. The van der Waals surface area contributed by atoms with Crippen molar-refractivity contribution in [3.8, 4) is 0 Å². The van der Waals surface area contributed by atoms with Gasteiger partial charge < -0.3 is 10.1 Å². The van der Waals surface area contributed by atoms with Gasteiger partial charge in [0.1, 0.15) is 0 Å². The van der Waals surface area contributed by atoms with Crippen molar-refractivity contribution in [1.29, 1.82) is 0 Å². The van der Waals surface area contributed by atoms with E-state index in [1.54, 1.807) is 23.6 Å². The second-order valence-corrected chi connectivity index (χ2v) is 6.14. The molecule has 2 aromatic carbocycles. The highest BCUT2D eigenvalue weighted by molar-refractivity contribution is 8.03. The second kappa shape index (κ2) is 6.89. The molecular formula is C17H12ClNO3S. The van der Waals surface area contributed by atoms with Crippen molar-refractivity contribution in [1.82, 2.24) is 5.32 Å². The van der Waals surface area contributed by atoms with Gasteiger partial charge >= 0.3 is 5.97 Å². The molecular weight excluding hydrogens is 334 g/mol. The SMILES string of the molecule is O=C(OC1SC=C(c2ccccc2)NC1=O)c1cccc(Cl)c1. The van der Waals surface area contributed by atoms with Crippen LogP contribution < -0.4 is 5.32 Å². The van der Waals surface area contributed by atoms with Crippen LogP contribution in [0, 0.1) is 0 Å². The van der Waals surface area contributed by atoms with E-state index in [2.05, 4.69) is 5.32 Å². The zero-order valence-electron chi connectivity index (χ0n) is 11.9. The maximum atomic E-state index is 12.1. The van der Waals surface area contributed by atoms with Gasteiger partial charge in [0.25, 0.3) is 5.91 Å². The van der Waals surface area contributed by atoms with E-state index in [4.69, 9.17) is 16.3 Å². The fraction of sp³-hybridized carbons (Fsp3) is 0.0588. The van der Waals surface area contributed by atoms with Crippen LogP contribution in [0.4, 0.5) is 0 Å². The Hall–Kier alpha value is -2.24. The quantitative estimate of drug-likeness (QED) is 0.862. The van der Waals surface area contributed by atoms with E-state index in [1.165, 1.54) is 6.07 Å². The van der Waals surface area contributed by atoms with E-state index in [0.29, 0.717) is 16.3 Å². The summed E-state index contributed by atoms with van der Waals surface area (Å²) >= 11 is 7.00. The van der Waals surface area contributed by atoms with E-state index in [1.807, 2.05) is 30.3 Å². The summed E-state index contributed by atoms with van der Waals surface area (Å²) in [4.78, 5) is 24.2. The Kier molecular flexibility index (Phi) is 4.69. The zero-order valence-corrected chi connectivity index (χ0v) is 13.4. The Morgan fingerprint density at radius 2 is 1.91 bits per heavy atom. The lowest BCUT2D eigenvalue weighted by Crippen LogP contribution is -2.37. The number of benzene rings is 2. The molecule has 116 valence electrons. The molecule has 1 amide bonds. The summed E-state index contributed by atoms with van der Waals surface area (Å²) in [6.07, 6.45) is 0. The standard InChI is InChI=1S/C17H12ClNO3S/c18-13-8-4-7-12(9-13)16(21)22-17-15(20)19-14(10-23-17)11-5-2-1-3-6-11/h1-10,17H,(H,19,20). The highest BCUT2D eigenvalue weighted by Gasteiger charge is 2.28. The van der Waals surface area contributed by atoms with Gasteiger partial charge in [0.05, 0.1) is 11.3 Å². The molecule has 0 bridgehead atoms. The molecule has 1 N–H and O–H groups in total. The maximum absolute atomic E-state index is 12.1. The monoisotopic (exact) mass is 345 g/mol. The normalized spacial score (nSPS) is 17.2. The van der Waals surface area contributed by atoms with Gasteiger partial charge in [0, 0.05) is 5.02 Å². The van der Waals surface area contributed by atoms with Gasteiger partial charge in [-0.1, -0.05) is 59.8 Å². The minimum absolute atomic E-state index is 0.309. The molecule has 0 saturated heterocycles. The van der Waals surface area contributed by atoms with Gasteiger partial charge in [0.2, 0.25) is 5.44 Å². The average Bonchev–Trinajstić information content (AvgIpc) is 2.57. The Bertz CT molecular complexity index is 776. The lowest BCUT2D eigenvalue weighted by atomic mass is 10.2. The van der Waals surface area contributed by atoms with Crippen LogP contribution in [0.3, 0.4) is 0 Å². The van der Waals surface area contributed by atoms with Gasteiger partial charge in [-0.2, -0.15) is 0 Å². The van der Waals surface area contributed by atoms with Gasteiger partial charge in [-0.3, -0.25) is 4.79 Å². The number of hydrogen-bond donors (Lipinski definition) is 1. The minimum atomic E-state index is -0.922. The predicted molar refractivity (Wildman–Crippen MR) is 90.8 cm³/mol. The summed E-state index contributed by atoms with van der Waals surface area (Å²) in [5.74, 6) is -0.955. The molecule has 1 aliphatic heterocycles. The molecule has 1 unspecified atom stereocenters. The molecule has 0 fully saturated rings. The topological polar surface area (TPSA) is 55.4 Å². The highest BCUT2D eigenvalue weighted by atomic mass is 35.5. The molecule has 23 heavy (non-hydrogen) atoms. The molecule has 0 saturated carbocycles.